The van der Waals surface area contributed by atoms with E-state index in [2.05, 4.69) is 5.32 Å². The van der Waals surface area contributed by atoms with Crippen LogP contribution in [0.4, 0.5) is 0 Å². The number of likely N-dealkylation sites (N-methyl/N-ethyl adjacent to an activating group) is 1. The summed E-state index contributed by atoms with van der Waals surface area (Å²) in [4.78, 5) is 38.7. The maximum atomic E-state index is 12.1. The van der Waals surface area contributed by atoms with E-state index < -0.39 is 0 Å². The Labute approximate surface area is 124 Å². The van der Waals surface area contributed by atoms with Gasteiger partial charge in [0.15, 0.2) is 0 Å². The van der Waals surface area contributed by atoms with Gasteiger partial charge in [-0.3, -0.25) is 19.3 Å². The molecule has 0 spiro atoms. The number of nitrogens with one attached hydrogen (secondary N) is 1. The molecule has 2 amide bonds. The molecule has 7 nitrogen and oxygen atoms in total. The number of methoxy groups -OCH3 is 1. The van der Waals surface area contributed by atoms with E-state index in [1.54, 1.807) is 7.05 Å². The molecule has 0 aromatic heterocycles. The fourth-order valence-corrected chi connectivity index (χ4v) is 2.52. The second-order valence-electron chi connectivity index (χ2n) is 5.74. The highest BCUT2D eigenvalue weighted by Crippen LogP contribution is 2.19. The van der Waals surface area contributed by atoms with E-state index in [4.69, 9.17) is 4.74 Å². The topological polar surface area (TPSA) is 79.0 Å². The van der Waals surface area contributed by atoms with E-state index in [-0.39, 0.29) is 36.9 Å². The van der Waals surface area contributed by atoms with Gasteiger partial charge in [0.2, 0.25) is 11.8 Å². The van der Waals surface area contributed by atoms with Gasteiger partial charge in [-0.15, -0.1) is 0 Å². The van der Waals surface area contributed by atoms with Crippen LogP contribution < -0.4 is 5.32 Å². The van der Waals surface area contributed by atoms with Gasteiger partial charge >= 0.3 is 5.97 Å². The molecular formula is C14H23N3O4. The van der Waals surface area contributed by atoms with E-state index in [0.29, 0.717) is 19.0 Å². The Balaban J connectivity index is 1.79. The highest BCUT2D eigenvalue weighted by Gasteiger charge is 2.33. The standard InChI is InChI=1S/C14H23N3O4/c1-16(8-12(18)15-10-5-6-10)13(19)9-17-7-3-4-11(17)14(20)21-2/h10-11H,3-9H2,1-2H3,(H,15,18). The smallest absolute Gasteiger partial charge is 0.323 e. The van der Waals surface area contributed by atoms with Gasteiger partial charge in [-0.2, -0.15) is 0 Å². The van der Waals surface area contributed by atoms with Crippen LogP contribution in [0.3, 0.4) is 0 Å². The number of ether oxygens (including phenoxy) is 1. The Hall–Kier alpha value is -1.63. The van der Waals surface area contributed by atoms with Crippen molar-refractivity contribution in [2.24, 2.45) is 0 Å². The summed E-state index contributed by atoms with van der Waals surface area (Å²) in [5, 5.41) is 2.85. The molecule has 1 unspecified atom stereocenters. The average Bonchev–Trinajstić information content (AvgIpc) is 3.13. The third kappa shape index (κ3) is 4.42. The zero-order valence-corrected chi connectivity index (χ0v) is 12.6. The molecule has 118 valence electrons. The molecule has 1 saturated carbocycles. The summed E-state index contributed by atoms with van der Waals surface area (Å²) in [6, 6.07) is -0.0454. The van der Waals surface area contributed by atoms with Crippen LogP contribution in [0.2, 0.25) is 0 Å². The first-order valence-electron chi connectivity index (χ1n) is 7.36. The Morgan fingerprint density at radius 3 is 2.62 bits per heavy atom. The van der Waals surface area contributed by atoms with Crippen LogP contribution in [0.5, 0.6) is 0 Å². The van der Waals surface area contributed by atoms with Gasteiger partial charge in [-0.05, 0) is 32.2 Å². The molecule has 2 rings (SSSR count). The van der Waals surface area contributed by atoms with Crippen molar-refractivity contribution in [1.82, 2.24) is 15.1 Å². The molecule has 1 N–H and O–H groups in total. The summed E-state index contributed by atoms with van der Waals surface area (Å²) in [6.07, 6.45) is 3.64. The molecular weight excluding hydrogens is 274 g/mol. The van der Waals surface area contributed by atoms with E-state index in [9.17, 15) is 14.4 Å². The minimum absolute atomic E-state index is 0.0616. The van der Waals surface area contributed by atoms with Crippen molar-refractivity contribution >= 4 is 17.8 Å². The van der Waals surface area contributed by atoms with Crippen molar-refractivity contribution in [1.29, 1.82) is 0 Å². The Bertz CT molecular complexity index is 422. The fourth-order valence-electron chi connectivity index (χ4n) is 2.52. The van der Waals surface area contributed by atoms with E-state index in [0.717, 1.165) is 19.3 Å². The largest absolute Gasteiger partial charge is 0.468 e. The zero-order valence-electron chi connectivity index (χ0n) is 12.6. The van der Waals surface area contributed by atoms with E-state index in [1.807, 2.05) is 4.90 Å². The molecule has 0 aromatic rings. The molecule has 21 heavy (non-hydrogen) atoms. The van der Waals surface area contributed by atoms with Gasteiger partial charge in [-0.1, -0.05) is 0 Å². The van der Waals surface area contributed by atoms with Crippen LogP contribution in [0.1, 0.15) is 25.7 Å². The van der Waals surface area contributed by atoms with Crippen LogP contribution in [0.25, 0.3) is 0 Å². The van der Waals surface area contributed by atoms with Crippen molar-refractivity contribution < 1.29 is 19.1 Å². The number of hydrogen-bond acceptors (Lipinski definition) is 5. The fraction of sp³-hybridized carbons (Fsp3) is 0.786. The lowest BCUT2D eigenvalue weighted by Crippen LogP contribution is -2.46. The normalized spacial score (nSPS) is 21.9. The molecule has 1 atom stereocenters. The lowest BCUT2D eigenvalue weighted by molar-refractivity contribution is -0.147. The van der Waals surface area contributed by atoms with Crippen molar-refractivity contribution in [2.75, 3.05) is 33.8 Å². The Morgan fingerprint density at radius 1 is 1.29 bits per heavy atom. The van der Waals surface area contributed by atoms with Crippen LogP contribution >= 0.6 is 0 Å². The number of likely N-dealkylation sites (tertiary alicyclic amines) is 1. The number of rotatable bonds is 6. The SMILES string of the molecule is COC(=O)C1CCCN1CC(=O)N(C)CC(=O)NC1CC1. The lowest BCUT2D eigenvalue weighted by Gasteiger charge is -2.24. The van der Waals surface area contributed by atoms with Crippen molar-refractivity contribution in [2.45, 2.75) is 37.8 Å². The zero-order chi connectivity index (χ0) is 15.4. The van der Waals surface area contributed by atoms with E-state index >= 15 is 0 Å². The number of hydrogen-bond donors (Lipinski definition) is 1. The summed E-state index contributed by atoms with van der Waals surface area (Å²) in [7, 11) is 2.97. The monoisotopic (exact) mass is 297 g/mol. The highest BCUT2D eigenvalue weighted by molar-refractivity contribution is 5.86. The summed E-state index contributed by atoms with van der Waals surface area (Å²) >= 11 is 0. The minimum atomic E-state index is -0.340. The number of nitrogens with zero attached hydrogens (tertiary/aromatic N) is 2. The first kappa shape index (κ1) is 15.8. The van der Waals surface area contributed by atoms with E-state index in [1.165, 1.54) is 12.0 Å². The van der Waals surface area contributed by atoms with Crippen LogP contribution in [-0.4, -0.2) is 73.5 Å². The van der Waals surface area contributed by atoms with Gasteiger partial charge in [-0.25, -0.2) is 0 Å². The molecule has 0 bridgehead atoms. The molecule has 7 heteroatoms. The average molecular weight is 297 g/mol. The highest BCUT2D eigenvalue weighted by atomic mass is 16.5. The third-order valence-electron chi connectivity index (χ3n) is 3.92. The maximum absolute atomic E-state index is 12.1. The van der Waals surface area contributed by atoms with Crippen LogP contribution in [0, 0.1) is 0 Å². The quantitative estimate of drug-likeness (QED) is 0.660. The summed E-state index contributed by atoms with van der Waals surface area (Å²) in [5.74, 6) is -0.578. The van der Waals surface area contributed by atoms with Crippen molar-refractivity contribution in [3.63, 3.8) is 0 Å². The lowest BCUT2D eigenvalue weighted by atomic mass is 10.2. The number of esters is 1. The van der Waals surface area contributed by atoms with Crippen LogP contribution in [0.15, 0.2) is 0 Å². The summed E-state index contributed by atoms with van der Waals surface area (Å²) in [5.41, 5.74) is 0. The Kier molecular flexibility index (Phi) is 5.17. The summed E-state index contributed by atoms with van der Waals surface area (Å²) in [6.45, 7) is 0.909. The number of carbonyl (C=O) groups is 3. The van der Waals surface area contributed by atoms with Gasteiger partial charge in [0.25, 0.3) is 0 Å². The Morgan fingerprint density at radius 2 is 2.00 bits per heavy atom. The van der Waals surface area contributed by atoms with Crippen LogP contribution in [-0.2, 0) is 19.1 Å². The molecule has 1 heterocycles. The number of carbonyl (C=O) groups excluding carboxylic acids is 3. The first-order valence-corrected chi connectivity index (χ1v) is 7.36. The number of amides is 2. The maximum Gasteiger partial charge on any atom is 0.323 e. The third-order valence-corrected chi connectivity index (χ3v) is 3.92. The van der Waals surface area contributed by atoms with Gasteiger partial charge < -0.3 is 15.0 Å². The summed E-state index contributed by atoms with van der Waals surface area (Å²) < 4.78 is 4.75. The molecule has 2 fully saturated rings. The second kappa shape index (κ2) is 6.89. The van der Waals surface area contributed by atoms with Crippen molar-refractivity contribution in [3.05, 3.63) is 0 Å². The predicted octanol–water partition coefficient (Wildman–Crippen LogP) is -0.639. The molecule has 0 radical (unpaired) electrons. The first-order chi connectivity index (χ1) is 10.0. The van der Waals surface area contributed by atoms with Gasteiger partial charge in [0.05, 0.1) is 20.2 Å². The molecule has 1 saturated heterocycles. The molecule has 1 aliphatic carbocycles. The predicted molar refractivity (Wildman–Crippen MR) is 75.4 cm³/mol. The molecule has 2 aliphatic rings. The second-order valence-corrected chi connectivity index (χ2v) is 5.74. The molecule has 0 aromatic carbocycles. The van der Waals surface area contributed by atoms with Gasteiger partial charge in [0, 0.05) is 13.1 Å². The molecule has 1 aliphatic heterocycles. The minimum Gasteiger partial charge on any atom is -0.468 e. The van der Waals surface area contributed by atoms with Gasteiger partial charge in [0.1, 0.15) is 6.04 Å². The van der Waals surface area contributed by atoms with Crippen molar-refractivity contribution in [3.8, 4) is 0 Å².